The number of alkyl halides is 3. The van der Waals surface area contributed by atoms with E-state index in [9.17, 15) is 22.8 Å². The van der Waals surface area contributed by atoms with Crippen LogP contribution in [0.4, 0.5) is 18.9 Å². The minimum absolute atomic E-state index is 0.0406. The molecule has 8 heteroatoms. The number of benzene rings is 1. The average Bonchev–Trinajstić information content (AvgIpc) is 2.82. The zero-order valence-corrected chi connectivity index (χ0v) is 14.9. The van der Waals surface area contributed by atoms with Crippen molar-refractivity contribution in [1.82, 2.24) is 4.90 Å². The molecule has 0 radical (unpaired) electrons. The van der Waals surface area contributed by atoms with Gasteiger partial charge in [-0.25, -0.2) is 0 Å². The van der Waals surface area contributed by atoms with Gasteiger partial charge >= 0.3 is 6.18 Å². The van der Waals surface area contributed by atoms with Crippen LogP contribution < -0.4 is 5.32 Å². The standard InChI is InChI=1S/C18H21F3N2O3/c1-16(2)12-5-4-11(10-13(12)22-15(16)25)14(24)23-8-6-17(26-3,7-9-23)18(19,20)21/h4-5,10H,6-9H2,1-3H3,(H,22,25). The van der Waals surface area contributed by atoms with E-state index in [1.165, 1.54) is 4.90 Å². The van der Waals surface area contributed by atoms with Gasteiger partial charge in [0.2, 0.25) is 5.91 Å². The molecular formula is C18H21F3N2O3. The number of ether oxygens (including phenoxy) is 1. The molecule has 0 aliphatic carbocycles. The van der Waals surface area contributed by atoms with Gasteiger partial charge in [0.25, 0.3) is 5.91 Å². The van der Waals surface area contributed by atoms with Crippen LogP contribution in [0, 0.1) is 0 Å². The molecule has 1 aromatic rings. The van der Waals surface area contributed by atoms with Crippen LogP contribution in [0.25, 0.3) is 0 Å². The number of carbonyl (C=O) groups is 2. The number of anilines is 1. The maximum absolute atomic E-state index is 13.2. The maximum atomic E-state index is 13.2. The van der Waals surface area contributed by atoms with E-state index in [0.29, 0.717) is 11.3 Å². The van der Waals surface area contributed by atoms with Crippen molar-refractivity contribution < 1.29 is 27.5 Å². The van der Waals surface area contributed by atoms with Crippen LogP contribution in [-0.4, -0.2) is 48.7 Å². The summed E-state index contributed by atoms with van der Waals surface area (Å²) in [7, 11) is 1.05. The molecule has 2 aliphatic rings. The van der Waals surface area contributed by atoms with E-state index in [0.717, 1.165) is 12.7 Å². The van der Waals surface area contributed by atoms with Crippen molar-refractivity contribution in [2.45, 2.75) is 43.9 Å². The number of piperidine rings is 1. The fourth-order valence-electron chi connectivity index (χ4n) is 3.58. The van der Waals surface area contributed by atoms with Gasteiger partial charge in [0.15, 0.2) is 5.60 Å². The molecular weight excluding hydrogens is 349 g/mol. The highest BCUT2D eigenvalue weighted by molar-refractivity contribution is 6.07. The van der Waals surface area contributed by atoms with Crippen molar-refractivity contribution in [3.05, 3.63) is 29.3 Å². The summed E-state index contributed by atoms with van der Waals surface area (Å²) in [6.07, 6.45) is -5.07. The molecule has 0 aromatic heterocycles. The van der Waals surface area contributed by atoms with Gasteiger partial charge in [0.05, 0.1) is 5.41 Å². The number of amides is 2. The maximum Gasteiger partial charge on any atom is 0.417 e. The smallest absolute Gasteiger partial charge is 0.369 e. The summed E-state index contributed by atoms with van der Waals surface area (Å²) in [5.41, 5.74) is -1.15. The highest BCUT2D eigenvalue weighted by Gasteiger charge is 2.56. The number of halogens is 3. The van der Waals surface area contributed by atoms with Gasteiger partial charge in [-0.05, 0) is 31.5 Å². The highest BCUT2D eigenvalue weighted by atomic mass is 19.4. The molecule has 0 unspecified atom stereocenters. The van der Waals surface area contributed by atoms with E-state index < -0.39 is 17.2 Å². The number of nitrogens with one attached hydrogen (secondary N) is 1. The van der Waals surface area contributed by atoms with E-state index in [2.05, 4.69) is 5.32 Å². The Morgan fingerprint density at radius 3 is 2.38 bits per heavy atom. The van der Waals surface area contributed by atoms with E-state index in [4.69, 9.17) is 4.74 Å². The Bertz CT molecular complexity index is 751. The Labute approximate surface area is 149 Å². The van der Waals surface area contributed by atoms with E-state index in [1.54, 1.807) is 32.0 Å². The lowest BCUT2D eigenvalue weighted by Gasteiger charge is -2.41. The largest absolute Gasteiger partial charge is 0.417 e. The second kappa shape index (κ2) is 5.97. The van der Waals surface area contributed by atoms with Gasteiger partial charge in [0.1, 0.15) is 0 Å². The van der Waals surface area contributed by atoms with Crippen LogP contribution in [0.5, 0.6) is 0 Å². The summed E-state index contributed by atoms with van der Waals surface area (Å²) in [5.74, 6) is -0.497. The predicted molar refractivity (Wildman–Crippen MR) is 89.0 cm³/mol. The van der Waals surface area contributed by atoms with Crippen molar-refractivity contribution in [2.75, 3.05) is 25.5 Å². The number of hydrogen-bond donors (Lipinski definition) is 1. The molecule has 2 heterocycles. The summed E-state index contributed by atoms with van der Waals surface area (Å²) in [4.78, 5) is 26.1. The first-order valence-corrected chi connectivity index (χ1v) is 8.39. The average molecular weight is 370 g/mol. The van der Waals surface area contributed by atoms with Crippen LogP contribution in [-0.2, 0) is 14.9 Å². The Morgan fingerprint density at radius 2 is 1.85 bits per heavy atom. The molecule has 1 N–H and O–H groups in total. The van der Waals surface area contributed by atoms with E-state index >= 15 is 0 Å². The van der Waals surface area contributed by atoms with Gasteiger partial charge in [-0.3, -0.25) is 9.59 Å². The summed E-state index contributed by atoms with van der Waals surface area (Å²) >= 11 is 0. The van der Waals surface area contributed by atoms with Crippen molar-refractivity contribution in [1.29, 1.82) is 0 Å². The number of nitrogens with zero attached hydrogens (tertiary/aromatic N) is 1. The molecule has 0 atom stereocenters. The summed E-state index contributed by atoms with van der Waals surface area (Å²) in [5, 5.41) is 2.75. The van der Waals surface area contributed by atoms with Gasteiger partial charge in [0, 0.05) is 44.3 Å². The lowest BCUT2D eigenvalue weighted by atomic mass is 9.85. The molecule has 1 fully saturated rings. The second-order valence-corrected chi connectivity index (χ2v) is 7.33. The van der Waals surface area contributed by atoms with Gasteiger partial charge in [-0.1, -0.05) is 6.07 Å². The second-order valence-electron chi connectivity index (χ2n) is 7.33. The minimum atomic E-state index is -4.47. The lowest BCUT2D eigenvalue weighted by Crippen LogP contribution is -2.55. The number of hydrogen-bond acceptors (Lipinski definition) is 3. The molecule has 5 nitrogen and oxygen atoms in total. The van der Waals surface area contributed by atoms with Gasteiger partial charge < -0.3 is 15.0 Å². The van der Waals surface area contributed by atoms with Crippen LogP contribution in [0.1, 0.15) is 42.6 Å². The van der Waals surface area contributed by atoms with Crippen molar-refractivity contribution in [3.63, 3.8) is 0 Å². The van der Waals surface area contributed by atoms with Gasteiger partial charge in [-0.15, -0.1) is 0 Å². The number of likely N-dealkylation sites (tertiary alicyclic amines) is 1. The third-order valence-corrected chi connectivity index (χ3v) is 5.52. The molecule has 0 bridgehead atoms. The van der Waals surface area contributed by atoms with E-state index in [-0.39, 0.29) is 37.7 Å². The predicted octanol–water partition coefficient (Wildman–Crippen LogP) is 3.10. The van der Waals surface area contributed by atoms with Crippen molar-refractivity contribution >= 4 is 17.5 Å². The molecule has 0 saturated carbocycles. The SMILES string of the molecule is COC1(C(F)(F)F)CCN(C(=O)c2ccc3c(c2)NC(=O)C3(C)C)CC1. The molecule has 26 heavy (non-hydrogen) atoms. The molecule has 2 amide bonds. The molecule has 3 rings (SSSR count). The molecule has 2 aliphatic heterocycles. The normalized spacial score (nSPS) is 21.3. The zero-order chi connectivity index (χ0) is 19.3. The fourth-order valence-corrected chi connectivity index (χ4v) is 3.58. The van der Waals surface area contributed by atoms with Crippen LogP contribution in [0.2, 0.25) is 0 Å². The summed E-state index contributed by atoms with van der Waals surface area (Å²) < 4.78 is 44.5. The third kappa shape index (κ3) is 2.76. The topological polar surface area (TPSA) is 58.6 Å². The van der Waals surface area contributed by atoms with Crippen molar-refractivity contribution in [3.8, 4) is 0 Å². The first-order valence-electron chi connectivity index (χ1n) is 8.39. The molecule has 0 spiro atoms. The lowest BCUT2D eigenvalue weighted by molar-refractivity contribution is -0.281. The van der Waals surface area contributed by atoms with Crippen LogP contribution in [0.15, 0.2) is 18.2 Å². The fraction of sp³-hybridized carbons (Fsp3) is 0.556. The zero-order valence-electron chi connectivity index (χ0n) is 14.9. The highest BCUT2D eigenvalue weighted by Crippen LogP contribution is 2.42. The monoisotopic (exact) mass is 370 g/mol. The minimum Gasteiger partial charge on any atom is -0.369 e. The Kier molecular flexibility index (Phi) is 4.29. The summed E-state index contributed by atoms with van der Waals surface area (Å²) in [6, 6.07) is 4.93. The van der Waals surface area contributed by atoms with Crippen LogP contribution >= 0.6 is 0 Å². The third-order valence-electron chi connectivity index (χ3n) is 5.52. The first-order chi connectivity index (χ1) is 12.0. The summed E-state index contributed by atoms with van der Waals surface area (Å²) in [6.45, 7) is 3.51. The van der Waals surface area contributed by atoms with Gasteiger partial charge in [-0.2, -0.15) is 13.2 Å². The molecule has 1 aromatic carbocycles. The Balaban J connectivity index is 1.77. The molecule has 142 valence electrons. The van der Waals surface area contributed by atoms with E-state index in [1.807, 2.05) is 0 Å². The Morgan fingerprint density at radius 1 is 1.23 bits per heavy atom. The number of fused-ring (bicyclic) bond motifs is 1. The number of rotatable bonds is 2. The van der Waals surface area contributed by atoms with Crippen LogP contribution in [0.3, 0.4) is 0 Å². The van der Waals surface area contributed by atoms with Crippen molar-refractivity contribution in [2.24, 2.45) is 0 Å². The number of carbonyl (C=O) groups excluding carboxylic acids is 2. The molecule has 1 saturated heterocycles. The number of methoxy groups -OCH3 is 1. The quantitative estimate of drug-likeness (QED) is 0.870. The Hall–Kier alpha value is -2.09. The first kappa shape index (κ1) is 18.7.